The Balaban J connectivity index is 1.55. The summed E-state index contributed by atoms with van der Waals surface area (Å²) >= 11 is 6.31. The number of furan rings is 1. The molecule has 0 spiro atoms. The molecule has 1 fully saturated rings. The van der Waals surface area contributed by atoms with Gasteiger partial charge in [0.25, 0.3) is 5.91 Å². The first-order valence-electron chi connectivity index (χ1n) is 10.8. The van der Waals surface area contributed by atoms with Gasteiger partial charge in [0.2, 0.25) is 11.5 Å². The maximum absolute atomic E-state index is 12.8. The molecule has 0 radical (unpaired) electrons. The summed E-state index contributed by atoms with van der Waals surface area (Å²) in [4.78, 5) is 48.7. The first-order chi connectivity index (χ1) is 17.7. The van der Waals surface area contributed by atoms with Crippen LogP contribution in [0.3, 0.4) is 0 Å². The molecule has 1 aliphatic heterocycles. The molecule has 190 valence electrons. The summed E-state index contributed by atoms with van der Waals surface area (Å²) in [6, 6.07) is 12.1. The number of imide groups is 1. The topological polar surface area (TPSA) is 141 Å². The molecule has 3 aromatic rings. The number of esters is 1. The van der Waals surface area contributed by atoms with Crippen LogP contribution >= 0.6 is 11.6 Å². The zero-order valence-corrected chi connectivity index (χ0v) is 20.4. The van der Waals surface area contributed by atoms with Crippen LogP contribution in [0.1, 0.15) is 33.0 Å². The number of hydrogen-bond acceptors (Lipinski definition) is 8. The minimum atomic E-state index is -0.731. The van der Waals surface area contributed by atoms with Crippen molar-refractivity contribution >= 4 is 41.3 Å². The van der Waals surface area contributed by atoms with Crippen molar-refractivity contribution in [1.29, 1.82) is 0 Å². The van der Waals surface area contributed by atoms with Gasteiger partial charge in [-0.2, -0.15) is 0 Å². The minimum absolute atomic E-state index is 0.0340. The van der Waals surface area contributed by atoms with Crippen LogP contribution in [0.2, 0.25) is 5.02 Å². The number of aryl methyl sites for hydroxylation is 1. The number of nitro groups is 1. The molecule has 0 atom stereocenters. The number of hydrogen-bond donors (Lipinski definition) is 1. The van der Waals surface area contributed by atoms with E-state index in [9.17, 15) is 24.5 Å². The van der Waals surface area contributed by atoms with Gasteiger partial charge in [0.05, 0.1) is 23.6 Å². The molecule has 0 bridgehead atoms. The first-order valence-corrected chi connectivity index (χ1v) is 11.2. The van der Waals surface area contributed by atoms with Crippen LogP contribution in [0.25, 0.3) is 6.08 Å². The molecular weight excluding hydrogens is 506 g/mol. The number of carbonyl (C=O) groups is 3. The normalized spacial score (nSPS) is 14.1. The smallest absolute Gasteiger partial charge is 0.373 e. The van der Waals surface area contributed by atoms with Gasteiger partial charge in [-0.15, -0.1) is 0 Å². The first kappa shape index (κ1) is 25.5. The number of rotatable bonds is 8. The van der Waals surface area contributed by atoms with Gasteiger partial charge in [0.15, 0.2) is 0 Å². The lowest BCUT2D eigenvalue weighted by atomic mass is 10.1. The fourth-order valence-electron chi connectivity index (χ4n) is 3.63. The molecule has 2 aromatic carbocycles. The van der Waals surface area contributed by atoms with E-state index in [4.69, 9.17) is 20.8 Å². The van der Waals surface area contributed by atoms with Gasteiger partial charge < -0.3 is 19.2 Å². The third-order valence-electron chi connectivity index (χ3n) is 5.34. The molecule has 0 aliphatic carbocycles. The molecule has 11 nitrogen and oxygen atoms in total. The molecule has 3 amide bonds. The van der Waals surface area contributed by atoms with E-state index in [2.05, 4.69) is 10.1 Å². The van der Waals surface area contributed by atoms with Crippen molar-refractivity contribution in [3.05, 3.63) is 97.6 Å². The van der Waals surface area contributed by atoms with Gasteiger partial charge in [-0.3, -0.25) is 19.8 Å². The highest BCUT2D eigenvalue weighted by Gasteiger charge is 2.34. The lowest BCUT2D eigenvalue weighted by Gasteiger charge is -2.10. The molecule has 37 heavy (non-hydrogen) atoms. The Kier molecular flexibility index (Phi) is 7.25. The van der Waals surface area contributed by atoms with E-state index in [0.29, 0.717) is 0 Å². The molecule has 0 saturated carbocycles. The Bertz CT molecular complexity index is 1450. The number of methoxy groups -OCH3 is 1. The van der Waals surface area contributed by atoms with E-state index in [0.717, 1.165) is 16.0 Å². The van der Waals surface area contributed by atoms with Crippen LogP contribution in [0.5, 0.6) is 5.75 Å². The average molecular weight is 526 g/mol. The van der Waals surface area contributed by atoms with Crippen LogP contribution in [0, 0.1) is 17.0 Å². The SMILES string of the molecule is COC(=O)c1ccc(CN2C(=O)N/C(=C\c3cc(Cl)c(OCc4cccc(C)c4)c([N+](=O)[O-])c3)C2=O)o1. The summed E-state index contributed by atoms with van der Waals surface area (Å²) in [5.41, 5.74) is 1.51. The fourth-order valence-corrected chi connectivity index (χ4v) is 3.91. The van der Waals surface area contributed by atoms with Gasteiger partial charge in [0, 0.05) is 6.07 Å². The van der Waals surface area contributed by atoms with Crippen molar-refractivity contribution in [2.45, 2.75) is 20.1 Å². The summed E-state index contributed by atoms with van der Waals surface area (Å²) in [7, 11) is 1.19. The predicted molar refractivity (Wildman–Crippen MR) is 131 cm³/mol. The number of amides is 3. The number of nitrogens with zero attached hydrogens (tertiary/aromatic N) is 2. The molecular formula is C25H20ClN3O8. The molecule has 12 heteroatoms. The Morgan fingerprint density at radius 1 is 1.22 bits per heavy atom. The molecule has 1 N–H and O–H groups in total. The quantitative estimate of drug-likeness (QED) is 0.148. The number of halogens is 1. The summed E-state index contributed by atoms with van der Waals surface area (Å²) < 4.78 is 15.5. The van der Waals surface area contributed by atoms with Crippen LogP contribution in [-0.2, 0) is 22.7 Å². The molecule has 4 rings (SSSR count). The zero-order valence-electron chi connectivity index (χ0n) is 19.6. The third-order valence-corrected chi connectivity index (χ3v) is 5.62. The van der Waals surface area contributed by atoms with E-state index in [-0.39, 0.29) is 46.7 Å². The van der Waals surface area contributed by atoms with E-state index < -0.39 is 28.5 Å². The zero-order chi connectivity index (χ0) is 26.7. The van der Waals surface area contributed by atoms with Crippen LogP contribution < -0.4 is 10.1 Å². The van der Waals surface area contributed by atoms with Gasteiger partial charge >= 0.3 is 17.7 Å². The molecule has 1 aromatic heterocycles. The lowest BCUT2D eigenvalue weighted by molar-refractivity contribution is -0.385. The standard InChI is InChI=1S/C25H20ClN3O8/c1-14-4-3-5-15(8-14)13-36-22-18(26)9-16(11-20(22)29(33)34)10-19-23(30)28(25(32)27-19)12-17-6-7-21(37-17)24(31)35-2/h3-11H,12-13H2,1-2H3,(H,27,32)/b19-10-. The number of nitro benzene ring substituents is 1. The molecule has 0 unspecified atom stereocenters. The number of benzene rings is 2. The second-order valence-electron chi connectivity index (χ2n) is 8.02. The molecule has 1 saturated heterocycles. The van der Waals surface area contributed by atoms with Crippen molar-refractivity contribution in [3.8, 4) is 5.75 Å². The Morgan fingerprint density at radius 3 is 2.70 bits per heavy atom. The van der Waals surface area contributed by atoms with Gasteiger partial charge in [0.1, 0.15) is 18.1 Å². The van der Waals surface area contributed by atoms with E-state index >= 15 is 0 Å². The number of carbonyl (C=O) groups excluding carboxylic acids is 3. The number of nitrogens with one attached hydrogen (secondary N) is 1. The van der Waals surface area contributed by atoms with Crippen molar-refractivity contribution in [2.24, 2.45) is 0 Å². The monoisotopic (exact) mass is 525 g/mol. The van der Waals surface area contributed by atoms with Crippen molar-refractivity contribution in [2.75, 3.05) is 7.11 Å². The maximum Gasteiger partial charge on any atom is 0.373 e. The lowest BCUT2D eigenvalue weighted by Crippen LogP contribution is -2.30. The predicted octanol–water partition coefficient (Wildman–Crippen LogP) is 4.61. The van der Waals surface area contributed by atoms with Crippen LogP contribution in [-0.4, -0.2) is 34.8 Å². The van der Waals surface area contributed by atoms with Crippen molar-refractivity contribution < 1.29 is 33.2 Å². The summed E-state index contributed by atoms with van der Waals surface area (Å²) in [6.07, 6.45) is 1.27. The molecule has 1 aliphatic rings. The summed E-state index contributed by atoms with van der Waals surface area (Å²) in [5.74, 6) is -1.41. The van der Waals surface area contributed by atoms with Crippen LogP contribution in [0.15, 0.2) is 58.6 Å². The number of ether oxygens (including phenoxy) is 2. The Hall–Kier alpha value is -4.64. The average Bonchev–Trinajstić information content (AvgIpc) is 3.43. The summed E-state index contributed by atoms with van der Waals surface area (Å²) in [5, 5.41) is 14.1. The van der Waals surface area contributed by atoms with Gasteiger partial charge in [-0.1, -0.05) is 41.4 Å². The largest absolute Gasteiger partial charge is 0.481 e. The third kappa shape index (κ3) is 5.62. The Morgan fingerprint density at radius 2 is 2.00 bits per heavy atom. The van der Waals surface area contributed by atoms with Gasteiger partial charge in [-0.25, -0.2) is 9.59 Å². The van der Waals surface area contributed by atoms with E-state index in [1.165, 1.54) is 37.5 Å². The highest BCUT2D eigenvalue weighted by atomic mass is 35.5. The van der Waals surface area contributed by atoms with Crippen molar-refractivity contribution in [3.63, 3.8) is 0 Å². The van der Waals surface area contributed by atoms with Crippen LogP contribution in [0.4, 0.5) is 10.5 Å². The fraction of sp³-hybridized carbons (Fsp3) is 0.160. The van der Waals surface area contributed by atoms with Crippen molar-refractivity contribution in [1.82, 2.24) is 10.2 Å². The highest BCUT2D eigenvalue weighted by Crippen LogP contribution is 2.37. The Labute approximate surface area is 215 Å². The second-order valence-corrected chi connectivity index (χ2v) is 8.43. The maximum atomic E-state index is 12.8. The minimum Gasteiger partial charge on any atom is -0.481 e. The summed E-state index contributed by atoms with van der Waals surface area (Å²) in [6.45, 7) is 1.74. The van der Waals surface area contributed by atoms with E-state index in [1.54, 1.807) is 0 Å². The van der Waals surface area contributed by atoms with E-state index in [1.807, 2.05) is 31.2 Å². The highest BCUT2D eigenvalue weighted by molar-refractivity contribution is 6.32. The second kappa shape index (κ2) is 10.5. The molecule has 2 heterocycles. The number of urea groups is 1. The van der Waals surface area contributed by atoms with Gasteiger partial charge in [-0.05, 0) is 42.3 Å².